The molecule has 0 heterocycles. The van der Waals surface area contributed by atoms with Gasteiger partial charge in [0.25, 0.3) is 0 Å². The normalized spacial score (nSPS) is 12.0. The number of amides is 2. The average Bonchev–Trinajstić information content (AvgIpc) is 2.24. The molecule has 0 fully saturated rings. The number of carboxylic acids is 1. The van der Waals surface area contributed by atoms with Crippen LogP contribution in [0.1, 0.15) is 26.7 Å². The summed E-state index contributed by atoms with van der Waals surface area (Å²) in [6.45, 7) is 5.11. The molecular formula is C11H22N2O3. The Morgan fingerprint density at radius 3 is 2.25 bits per heavy atom. The second-order valence-corrected chi connectivity index (χ2v) is 4.24. The Hall–Kier alpha value is -1.26. The molecule has 0 saturated carbocycles. The highest BCUT2D eigenvalue weighted by molar-refractivity contribution is 5.74. The Morgan fingerprint density at radius 1 is 1.25 bits per heavy atom. The molecule has 94 valence electrons. The van der Waals surface area contributed by atoms with Crippen molar-refractivity contribution in [3.63, 3.8) is 0 Å². The molecule has 0 aliphatic carbocycles. The highest BCUT2D eigenvalue weighted by Crippen LogP contribution is 2.04. The maximum absolute atomic E-state index is 11.8. The van der Waals surface area contributed by atoms with Crippen molar-refractivity contribution in [2.24, 2.45) is 5.92 Å². The molecule has 1 atom stereocenters. The van der Waals surface area contributed by atoms with Gasteiger partial charge in [-0.05, 0) is 5.92 Å². The van der Waals surface area contributed by atoms with E-state index in [0.717, 1.165) is 6.42 Å². The van der Waals surface area contributed by atoms with Crippen molar-refractivity contribution in [3.8, 4) is 0 Å². The number of aliphatic carboxylic acids is 1. The number of carbonyl (C=O) groups excluding carboxylic acids is 1. The Bertz CT molecular complexity index is 243. The third kappa shape index (κ3) is 5.58. The van der Waals surface area contributed by atoms with E-state index in [4.69, 9.17) is 5.11 Å². The van der Waals surface area contributed by atoms with Gasteiger partial charge in [0.05, 0.1) is 6.42 Å². The summed E-state index contributed by atoms with van der Waals surface area (Å²) in [6, 6.07) is -0.124. The van der Waals surface area contributed by atoms with Crippen molar-refractivity contribution in [3.05, 3.63) is 0 Å². The van der Waals surface area contributed by atoms with E-state index in [1.807, 2.05) is 0 Å². The van der Waals surface area contributed by atoms with Crippen molar-refractivity contribution < 1.29 is 14.7 Å². The summed E-state index contributed by atoms with van der Waals surface area (Å²) in [5, 5.41) is 8.51. The second kappa shape index (κ2) is 7.09. The molecule has 0 aromatic heterocycles. The molecule has 0 spiro atoms. The first-order chi connectivity index (χ1) is 7.38. The van der Waals surface area contributed by atoms with Crippen LogP contribution >= 0.6 is 0 Å². The Kier molecular flexibility index (Phi) is 6.53. The summed E-state index contributed by atoms with van der Waals surface area (Å²) in [4.78, 5) is 25.2. The fraction of sp³-hybridized carbons (Fsp3) is 0.818. The van der Waals surface area contributed by atoms with Gasteiger partial charge >= 0.3 is 12.0 Å². The minimum atomic E-state index is -0.885. The first-order valence-electron chi connectivity index (χ1n) is 5.56. The minimum absolute atomic E-state index is 0.0145. The smallest absolute Gasteiger partial charge is 0.319 e. The lowest BCUT2D eigenvalue weighted by molar-refractivity contribution is -0.137. The van der Waals surface area contributed by atoms with E-state index in [9.17, 15) is 9.59 Å². The number of urea groups is 1. The fourth-order valence-corrected chi connectivity index (χ4v) is 1.33. The number of hydrogen-bond acceptors (Lipinski definition) is 2. The predicted molar refractivity (Wildman–Crippen MR) is 62.4 cm³/mol. The summed E-state index contributed by atoms with van der Waals surface area (Å²) in [7, 11) is 3.37. The molecule has 1 N–H and O–H groups in total. The van der Waals surface area contributed by atoms with Crippen LogP contribution in [0.15, 0.2) is 0 Å². The van der Waals surface area contributed by atoms with Gasteiger partial charge < -0.3 is 14.9 Å². The van der Waals surface area contributed by atoms with Gasteiger partial charge in [0, 0.05) is 27.2 Å². The van der Waals surface area contributed by atoms with Crippen LogP contribution in [0.4, 0.5) is 4.79 Å². The first-order valence-corrected chi connectivity index (χ1v) is 5.56. The third-order valence-electron chi connectivity index (χ3n) is 2.60. The lowest BCUT2D eigenvalue weighted by Gasteiger charge is -2.26. The zero-order valence-corrected chi connectivity index (χ0v) is 10.6. The highest BCUT2D eigenvalue weighted by Gasteiger charge is 2.16. The number of hydrogen-bond donors (Lipinski definition) is 1. The molecule has 0 aliphatic rings. The molecular weight excluding hydrogens is 208 g/mol. The number of carboxylic acid groups (broad SMARTS) is 1. The van der Waals surface area contributed by atoms with Gasteiger partial charge in [0.1, 0.15) is 0 Å². The summed E-state index contributed by atoms with van der Waals surface area (Å²) in [5.74, 6) is -0.425. The van der Waals surface area contributed by atoms with Gasteiger partial charge in [0.15, 0.2) is 0 Å². The molecule has 0 bridgehead atoms. The summed E-state index contributed by atoms with van der Waals surface area (Å²) in [5.41, 5.74) is 0. The van der Waals surface area contributed by atoms with Gasteiger partial charge in [-0.15, -0.1) is 0 Å². The van der Waals surface area contributed by atoms with E-state index in [1.54, 1.807) is 19.0 Å². The molecule has 0 saturated heterocycles. The molecule has 16 heavy (non-hydrogen) atoms. The van der Waals surface area contributed by atoms with Crippen molar-refractivity contribution >= 4 is 12.0 Å². The van der Waals surface area contributed by atoms with Crippen molar-refractivity contribution in [2.45, 2.75) is 26.7 Å². The SMILES string of the molecule is CCC(C)CN(C)C(=O)N(C)CCC(=O)O. The van der Waals surface area contributed by atoms with Crippen LogP contribution in [-0.2, 0) is 4.79 Å². The molecule has 0 radical (unpaired) electrons. The predicted octanol–water partition coefficient (Wildman–Crippen LogP) is 1.49. The van der Waals surface area contributed by atoms with E-state index in [2.05, 4.69) is 13.8 Å². The number of rotatable bonds is 6. The lowest BCUT2D eigenvalue weighted by Crippen LogP contribution is -2.41. The van der Waals surface area contributed by atoms with E-state index >= 15 is 0 Å². The molecule has 5 nitrogen and oxygen atoms in total. The van der Waals surface area contributed by atoms with Crippen LogP contribution < -0.4 is 0 Å². The maximum atomic E-state index is 11.8. The molecule has 5 heteroatoms. The second-order valence-electron chi connectivity index (χ2n) is 4.24. The molecule has 2 amide bonds. The van der Waals surface area contributed by atoms with Crippen molar-refractivity contribution in [2.75, 3.05) is 27.2 Å². The zero-order valence-electron chi connectivity index (χ0n) is 10.6. The van der Waals surface area contributed by atoms with Crippen LogP contribution in [0.3, 0.4) is 0 Å². The first kappa shape index (κ1) is 14.7. The van der Waals surface area contributed by atoms with E-state index in [1.165, 1.54) is 4.90 Å². The highest BCUT2D eigenvalue weighted by atomic mass is 16.4. The lowest BCUT2D eigenvalue weighted by atomic mass is 10.1. The van der Waals surface area contributed by atoms with Gasteiger partial charge in [-0.2, -0.15) is 0 Å². The average molecular weight is 230 g/mol. The van der Waals surface area contributed by atoms with Crippen LogP contribution in [0, 0.1) is 5.92 Å². The van der Waals surface area contributed by atoms with Crippen molar-refractivity contribution in [1.82, 2.24) is 9.80 Å². The van der Waals surface area contributed by atoms with Gasteiger partial charge in [0.2, 0.25) is 0 Å². The van der Waals surface area contributed by atoms with Crippen LogP contribution in [0.25, 0.3) is 0 Å². The Labute approximate surface area is 97.0 Å². The summed E-state index contributed by atoms with van der Waals surface area (Å²) >= 11 is 0. The summed E-state index contributed by atoms with van der Waals surface area (Å²) < 4.78 is 0. The number of nitrogens with zero attached hydrogens (tertiary/aromatic N) is 2. The monoisotopic (exact) mass is 230 g/mol. The van der Waals surface area contributed by atoms with Crippen LogP contribution in [-0.4, -0.2) is 54.1 Å². The Morgan fingerprint density at radius 2 is 1.81 bits per heavy atom. The van der Waals surface area contributed by atoms with E-state index in [-0.39, 0.29) is 19.0 Å². The standard InChI is InChI=1S/C11H22N2O3/c1-5-9(2)8-13(4)11(16)12(3)7-6-10(14)15/h9H,5-8H2,1-4H3,(H,14,15). The van der Waals surface area contributed by atoms with Gasteiger partial charge in [-0.1, -0.05) is 20.3 Å². The van der Waals surface area contributed by atoms with Crippen LogP contribution in [0.2, 0.25) is 0 Å². The van der Waals surface area contributed by atoms with Gasteiger partial charge in [-0.3, -0.25) is 4.79 Å². The van der Waals surface area contributed by atoms with Crippen molar-refractivity contribution in [1.29, 1.82) is 0 Å². The topological polar surface area (TPSA) is 60.9 Å². The van der Waals surface area contributed by atoms with Gasteiger partial charge in [-0.25, -0.2) is 4.79 Å². The fourth-order valence-electron chi connectivity index (χ4n) is 1.33. The molecule has 0 rings (SSSR count). The Balaban J connectivity index is 4.05. The summed E-state index contributed by atoms with van der Waals surface area (Å²) in [6.07, 6.45) is 1.01. The molecule has 1 unspecified atom stereocenters. The molecule has 0 aromatic carbocycles. The minimum Gasteiger partial charge on any atom is -0.481 e. The largest absolute Gasteiger partial charge is 0.481 e. The zero-order chi connectivity index (χ0) is 12.7. The number of carbonyl (C=O) groups is 2. The van der Waals surface area contributed by atoms with E-state index < -0.39 is 5.97 Å². The molecule has 0 aliphatic heterocycles. The quantitative estimate of drug-likeness (QED) is 0.752. The third-order valence-corrected chi connectivity index (χ3v) is 2.60. The van der Waals surface area contributed by atoms with E-state index in [0.29, 0.717) is 12.5 Å². The maximum Gasteiger partial charge on any atom is 0.319 e. The molecule has 0 aromatic rings. The van der Waals surface area contributed by atoms with Crippen LogP contribution in [0.5, 0.6) is 0 Å².